The number of nitrogens with one attached hydrogen (secondary N) is 2. The van der Waals surface area contributed by atoms with Crippen molar-refractivity contribution in [1.82, 2.24) is 19.5 Å². The first-order valence-electron chi connectivity index (χ1n) is 14.7. The smallest absolute Gasteiger partial charge is 0.404 e. The van der Waals surface area contributed by atoms with E-state index in [1.807, 2.05) is 13.8 Å². The van der Waals surface area contributed by atoms with Gasteiger partial charge < -0.3 is 15.0 Å². The zero-order chi connectivity index (χ0) is 32.5. The van der Waals surface area contributed by atoms with Crippen LogP contribution < -0.4 is 31.0 Å². The summed E-state index contributed by atoms with van der Waals surface area (Å²) in [6, 6.07) is 6.80. The van der Waals surface area contributed by atoms with Crippen molar-refractivity contribution in [2.45, 2.75) is 81.9 Å². The minimum atomic E-state index is -5.07. The minimum Gasteiger partial charge on any atom is -0.404 e. The van der Waals surface area contributed by atoms with Gasteiger partial charge >= 0.3 is 6.36 Å². The zero-order valence-corrected chi connectivity index (χ0v) is 26.2. The third-order valence-electron chi connectivity index (χ3n) is 7.99. The first kappa shape index (κ1) is 32.4. The number of guanidine groups is 1. The highest BCUT2D eigenvalue weighted by Gasteiger charge is 2.34. The molecular weight excluding hydrogens is 611 g/mol. The second kappa shape index (κ2) is 12.8. The molecule has 45 heavy (non-hydrogen) atoms. The highest BCUT2D eigenvalue weighted by atomic mass is 32.2. The van der Waals surface area contributed by atoms with E-state index in [1.165, 1.54) is 24.4 Å². The zero-order valence-electron chi connectivity index (χ0n) is 25.4. The molecule has 2 aliphatic heterocycles. The van der Waals surface area contributed by atoms with Crippen LogP contribution in [0.25, 0.3) is 5.57 Å². The molecule has 2 aromatic rings. The molecule has 0 unspecified atom stereocenters. The molecule has 2 N–H and O–H groups in total. The van der Waals surface area contributed by atoms with Crippen molar-refractivity contribution in [3.63, 3.8) is 0 Å². The number of pyridine rings is 1. The third kappa shape index (κ3) is 7.47. The first-order valence-corrected chi connectivity index (χ1v) is 16.2. The Balaban J connectivity index is 1.38. The molecule has 15 heteroatoms. The van der Waals surface area contributed by atoms with Crippen LogP contribution in [0.5, 0.6) is 5.75 Å². The van der Waals surface area contributed by atoms with E-state index in [9.17, 15) is 26.4 Å². The Kier molecular flexibility index (Phi) is 9.21. The summed E-state index contributed by atoms with van der Waals surface area (Å²) in [6.45, 7) is 4.13. The largest absolute Gasteiger partial charge is 0.573 e. The highest BCUT2D eigenvalue weighted by molar-refractivity contribution is 7.89. The number of allylic oxidation sites excluding steroid dienone is 1. The van der Waals surface area contributed by atoms with Crippen molar-refractivity contribution < 1.29 is 26.3 Å². The maximum absolute atomic E-state index is 13.7. The summed E-state index contributed by atoms with van der Waals surface area (Å²) >= 11 is 0. The summed E-state index contributed by atoms with van der Waals surface area (Å²) in [6.07, 6.45) is 2.11. The van der Waals surface area contributed by atoms with Crippen molar-refractivity contribution in [3.8, 4) is 5.75 Å². The third-order valence-corrected chi connectivity index (χ3v) is 9.39. The fourth-order valence-electron chi connectivity index (χ4n) is 5.71. The second-order valence-electron chi connectivity index (χ2n) is 11.7. The molecule has 11 nitrogen and oxygen atoms in total. The van der Waals surface area contributed by atoms with Crippen LogP contribution in [-0.2, 0) is 16.6 Å². The first-order chi connectivity index (χ1) is 21.2. The fraction of sp³-hybridized carbons (Fsp3) is 0.467. The Morgan fingerprint density at radius 3 is 2.44 bits per heavy atom. The van der Waals surface area contributed by atoms with Gasteiger partial charge in [-0.1, -0.05) is 12.1 Å². The van der Waals surface area contributed by atoms with Gasteiger partial charge in [-0.2, -0.15) is 4.99 Å². The molecule has 3 heterocycles. The van der Waals surface area contributed by atoms with Crippen molar-refractivity contribution in [1.29, 1.82) is 0 Å². The van der Waals surface area contributed by atoms with Crippen LogP contribution in [0.15, 0.2) is 66.9 Å². The Bertz CT molecular complexity index is 1840. The predicted molar refractivity (Wildman–Crippen MR) is 164 cm³/mol. The molecule has 1 saturated carbocycles. The quantitative estimate of drug-likeness (QED) is 0.476. The van der Waals surface area contributed by atoms with E-state index in [0.717, 1.165) is 43.4 Å². The minimum absolute atomic E-state index is 0.0994. The van der Waals surface area contributed by atoms with E-state index in [2.05, 4.69) is 43.8 Å². The van der Waals surface area contributed by atoms with Gasteiger partial charge in [-0.05, 0) is 89.9 Å². The molecule has 1 aromatic carbocycles. The number of aliphatic imine (C=N–C) groups is 2. The molecule has 0 radical (unpaired) electrons. The van der Waals surface area contributed by atoms with E-state index in [-0.39, 0.29) is 29.9 Å². The average molecular weight is 648 g/mol. The lowest BCUT2D eigenvalue weighted by Gasteiger charge is -2.33. The maximum atomic E-state index is 13.7. The summed E-state index contributed by atoms with van der Waals surface area (Å²) in [5.41, 5.74) is 1.61. The van der Waals surface area contributed by atoms with E-state index in [1.54, 1.807) is 10.6 Å². The number of benzene rings is 1. The Morgan fingerprint density at radius 1 is 1.11 bits per heavy atom. The lowest BCUT2D eigenvalue weighted by atomic mass is 9.90. The van der Waals surface area contributed by atoms with Gasteiger partial charge in [0, 0.05) is 35.1 Å². The van der Waals surface area contributed by atoms with E-state index in [0.29, 0.717) is 34.8 Å². The van der Waals surface area contributed by atoms with Gasteiger partial charge in [0.15, 0.2) is 0 Å². The van der Waals surface area contributed by atoms with Crippen molar-refractivity contribution >= 4 is 27.8 Å². The number of nitrogens with zero attached hydrogens (tertiary/aromatic N) is 5. The van der Waals surface area contributed by atoms with Gasteiger partial charge in [0.2, 0.25) is 5.96 Å². The maximum Gasteiger partial charge on any atom is 0.573 e. The molecule has 0 atom stereocenters. The van der Waals surface area contributed by atoms with Gasteiger partial charge in [-0.25, -0.2) is 18.4 Å². The van der Waals surface area contributed by atoms with Crippen LogP contribution in [0.3, 0.4) is 0 Å². The van der Waals surface area contributed by atoms with Gasteiger partial charge in [-0.3, -0.25) is 14.1 Å². The van der Waals surface area contributed by atoms with Gasteiger partial charge in [0.1, 0.15) is 22.0 Å². The van der Waals surface area contributed by atoms with Crippen LogP contribution in [0.4, 0.5) is 13.2 Å². The molecule has 0 bridgehead atoms. The molecule has 0 spiro atoms. The number of para-hydroxylation sites is 1. The standard InChI is InChI=1S/C30H36F3N7O4S/c1-18(2)40-27-20(17-35-29(37-27)36-21-10-12-22(13-11-21)39(3)4)15-23(28(40)41)19-9-14-26(34-16-19)38-45(42,43)25-8-6-5-7-24(25)44-30(31,32)33/h5-8,14-16,18,21-22,38H,9-13,17H2,1-4H3,(H,35,36). The number of alkyl halides is 3. The molecule has 0 saturated heterocycles. The summed E-state index contributed by atoms with van der Waals surface area (Å²) in [5.74, 6) is -0.444. The predicted octanol–water partition coefficient (Wildman–Crippen LogP) is 2.72. The van der Waals surface area contributed by atoms with Gasteiger partial charge in [-0.15, -0.1) is 13.2 Å². The molecule has 1 fully saturated rings. The van der Waals surface area contributed by atoms with Gasteiger partial charge in [0.05, 0.1) is 6.54 Å². The van der Waals surface area contributed by atoms with Crippen LogP contribution in [-0.4, -0.2) is 62.6 Å². The molecule has 5 rings (SSSR count). The molecule has 242 valence electrons. The van der Waals surface area contributed by atoms with Crippen molar-refractivity contribution in [3.05, 3.63) is 68.9 Å². The average Bonchev–Trinajstić information content (AvgIpc) is 2.96. The number of halogens is 3. The van der Waals surface area contributed by atoms with E-state index >= 15 is 0 Å². The number of rotatable bonds is 7. The highest BCUT2D eigenvalue weighted by Crippen LogP contribution is 2.30. The lowest BCUT2D eigenvalue weighted by molar-refractivity contribution is -0.275. The number of ether oxygens (including phenoxy) is 1. The molecule has 1 aromatic heterocycles. The monoisotopic (exact) mass is 647 g/mol. The Morgan fingerprint density at radius 2 is 1.82 bits per heavy atom. The van der Waals surface area contributed by atoms with Crippen LogP contribution in [0.2, 0.25) is 0 Å². The summed E-state index contributed by atoms with van der Waals surface area (Å²) in [7, 11) is -0.269. The molecule has 3 aliphatic rings. The number of hydrogen-bond donors (Lipinski definition) is 2. The van der Waals surface area contributed by atoms with E-state index < -0.39 is 27.0 Å². The molecule has 0 amide bonds. The summed E-state index contributed by atoms with van der Waals surface area (Å²) in [5, 5.41) is 3.85. The SMILES string of the molecule is CC(C)n1c2c(cc(=C3C=NC(NS(=O)(=O)c4ccccc4OC(F)(F)F)=CC3)c1=O)CN=C(NC1CCC(N(C)C)CC1)N=2. The van der Waals surface area contributed by atoms with Crippen LogP contribution in [0, 0.1) is 0 Å². The van der Waals surface area contributed by atoms with Crippen molar-refractivity contribution in [2.24, 2.45) is 15.0 Å². The van der Waals surface area contributed by atoms with Crippen LogP contribution >= 0.6 is 0 Å². The van der Waals surface area contributed by atoms with E-state index in [4.69, 9.17) is 4.99 Å². The molecular formula is C30H36F3N7O4S. The number of hydrogen-bond acceptors (Lipinski definition) is 9. The number of fused-ring (bicyclic) bond motifs is 1. The summed E-state index contributed by atoms with van der Waals surface area (Å²) in [4.78, 5) is 28.9. The normalized spacial score (nSPS) is 21.5. The second-order valence-corrected chi connectivity index (χ2v) is 13.4. The number of sulfonamides is 1. The van der Waals surface area contributed by atoms with Crippen molar-refractivity contribution in [2.75, 3.05) is 14.1 Å². The molecule has 1 aliphatic carbocycles. The Hall–Kier alpha value is -3.98. The van der Waals surface area contributed by atoms with Gasteiger partial charge in [0.25, 0.3) is 15.6 Å². The number of aromatic nitrogens is 1. The van der Waals surface area contributed by atoms with Crippen LogP contribution in [0.1, 0.15) is 57.6 Å². The lowest BCUT2D eigenvalue weighted by Crippen LogP contribution is -2.49. The summed E-state index contributed by atoms with van der Waals surface area (Å²) < 4.78 is 72.0. The topological polar surface area (TPSA) is 130 Å². The Labute approximate surface area is 259 Å². The fourth-order valence-corrected chi connectivity index (χ4v) is 6.86.